The summed E-state index contributed by atoms with van der Waals surface area (Å²) < 4.78 is 6.79. The van der Waals surface area contributed by atoms with Gasteiger partial charge in [-0.3, -0.25) is 9.59 Å². The summed E-state index contributed by atoms with van der Waals surface area (Å²) >= 11 is 9.49. The normalized spacial score (nSPS) is 11.7. The zero-order valence-electron chi connectivity index (χ0n) is 17.1. The van der Waals surface area contributed by atoms with Gasteiger partial charge in [0.05, 0.1) is 0 Å². The van der Waals surface area contributed by atoms with Crippen LogP contribution >= 0.6 is 27.5 Å². The summed E-state index contributed by atoms with van der Waals surface area (Å²) in [7, 11) is 1.57. The smallest absolute Gasteiger partial charge is 0.261 e. The van der Waals surface area contributed by atoms with Gasteiger partial charge >= 0.3 is 0 Å². The Bertz CT molecular complexity index is 848. The second-order valence-electron chi connectivity index (χ2n) is 6.85. The van der Waals surface area contributed by atoms with Crippen LogP contribution in [0, 0.1) is 13.8 Å². The topological polar surface area (TPSA) is 58.6 Å². The fourth-order valence-electron chi connectivity index (χ4n) is 3.09. The summed E-state index contributed by atoms with van der Waals surface area (Å²) in [6.07, 6.45) is 0.496. The van der Waals surface area contributed by atoms with Crippen LogP contribution in [0.4, 0.5) is 0 Å². The highest BCUT2D eigenvalue weighted by molar-refractivity contribution is 9.10. The van der Waals surface area contributed by atoms with Crippen molar-refractivity contribution in [2.45, 2.75) is 39.8 Å². The number of nitrogens with one attached hydrogen (secondary N) is 1. The van der Waals surface area contributed by atoms with Crippen LogP contribution in [0.2, 0.25) is 5.02 Å². The number of hydrogen-bond acceptors (Lipinski definition) is 3. The summed E-state index contributed by atoms with van der Waals surface area (Å²) in [4.78, 5) is 26.9. The van der Waals surface area contributed by atoms with Crippen LogP contribution < -0.4 is 10.1 Å². The summed E-state index contributed by atoms with van der Waals surface area (Å²) in [5, 5.41) is 3.26. The Morgan fingerprint density at radius 2 is 1.76 bits per heavy atom. The van der Waals surface area contributed by atoms with Crippen LogP contribution in [0.15, 0.2) is 40.9 Å². The highest BCUT2D eigenvalue weighted by atomic mass is 79.9. The third-order valence-corrected chi connectivity index (χ3v) is 6.17. The number of rotatable bonds is 8. The van der Waals surface area contributed by atoms with E-state index in [0.29, 0.717) is 23.7 Å². The number of benzene rings is 2. The number of hydrogen-bond donors (Lipinski definition) is 1. The lowest BCUT2D eigenvalue weighted by Crippen LogP contribution is -2.49. The molecule has 0 fully saturated rings. The predicted molar refractivity (Wildman–Crippen MR) is 119 cm³/mol. The molecule has 0 aliphatic rings. The molecule has 2 aromatic rings. The van der Waals surface area contributed by atoms with Gasteiger partial charge in [0.1, 0.15) is 11.8 Å². The van der Waals surface area contributed by atoms with Crippen LogP contribution in [0.1, 0.15) is 30.0 Å². The molecule has 0 saturated carbocycles. The molecule has 0 saturated heterocycles. The number of halogens is 2. The molecular formula is C22H26BrClN2O3. The molecule has 156 valence electrons. The number of likely N-dealkylation sites (N-methyl/N-ethyl adjacent to an activating group) is 1. The van der Waals surface area contributed by atoms with Crippen molar-refractivity contribution in [1.82, 2.24) is 10.2 Å². The number of amides is 2. The molecule has 0 heterocycles. The predicted octanol–water partition coefficient (Wildman–Crippen LogP) is 4.65. The Balaban J connectivity index is 2.21. The molecule has 1 N–H and O–H groups in total. The van der Waals surface area contributed by atoms with Crippen molar-refractivity contribution in [2.75, 3.05) is 13.7 Å². The molecule has 0 aliphatic carbocycles. The van der Waals surface area contributed by atoms with Crippen molar-refractivity contribution >= 4 is 39.3 Å². The Kier molecular flexibility index (Phi) is 8.53. The van der Waals surface area contributed by atoms with E-state index in [9.17, 15) is 9.59 Å². The van der Waals surface area contributed by atoms with Gasteiger partial charge in [0.2, 0.25) is 5.91 Å². The average Bonchev–Trinajstić information content (AvgIpc) is 2.71. The molecule has 0 bridgehead atoms. The molecule has 1 atom stereocenters. The van der Waals surface area contributed by atoms with E-state index < -0.39 is 6.04 Å². The second-order valence-corrected chi connectivity index (χ2v) is 8.08. The maximum Gasteiger partial charge on any atom is 0.261 e. The highest BCUT2D eigenvalue weighted by Crippen LogP contribution is 2.26. The van der Waals surface area contributed by atoms with Crippen molar-refractivity contribution < 1.29 is 14.3 Å². The van der Waals surface area contributed by atoms with E-state index in [-0.39, 0.29) is 18.4 Å². The fourth-order valence-corrected chi connectivity index (χ4v) is 3.45. The summed E-state index contributed by atoms with van der Waals surface area (Å²) in [6, 6.07) is 10.4. The summed E-state index contributed by atoms with van der Waals surface area (Å²) in [6.45, 7) is 5.96. The van der Waals surface area contributed by atoms with E-state index in [1.54, 1.807) is 24.1 Å². The molecule has 0 aliphatic heterocycles. The van der Waals surface area contributed by atoms with Crippen LogP contribution in [0.3, 0.4) is 0 Å². The van der Waals surface area contributed by atoms with E-state index >= 15 is 0 Å². The Morgan fingerprint density at radius 3 is 2.28 bits per heavy atom. The van der Waals surface area contributed by atoms with Gasteiger partial charge < -0.3 is 15.0 Å². The standard InChI is InChI=1S/C22H26BrClN2O3/c1-5-19(22(28)25-4)26(12-16-6-8-17(24)9-7-16)20(27)13-29-18-10-14(2)21(23)15(3)11-18/h6-11,19H,5,12-13H2,1-4H3,(H,25,28)/t19-/m1/s1. The monoisotopic (exact) mass is 480 g/mol. The lowest BCUT2D eigenvalue weighted by molar-refractivity contribution is -0.142. The maximum atomic E-state index is 13.0. The molecule has 2 aromatic carbocycles. The lowest BCUT2D eigenvalue weighted by atomic mass is 10.1. The fraction of sp³-hybridized carbons (Fsp3) is 0.364. The molecule has 0 aromatic heterocycles. The van der Waals surface area contributed by atoms with E-state index in [1.165, 1.54) is 0 Å². The van der Waals surface area contributed by atoms with Crippen LogP contribution in [-0.4, -0.2) is 36.4 Å². The van der Waals surface area contributed by atoms with Gasteiger partial charge in [0.25, 0.3) is 5.91 Å². The van der Waals surface area contributed by atoms with Crippen molar-refractivity contribution in [3.8, 4) is 5.75 Å². The molecule has 5 nitrogen and oxygen atoms in total. The Morgan fingerprint density at radius 1 is 1.17 bits per heavy atom. The Hall–Kier alpha value is -2.05. The van der Waals surface area contributed by atoms with Crippen molar-refractivity contribution in [3.05, 3.63) is 62.6 Å². The first-order valence-corrected chi connectivity index (χ1v) is 10.6. The molecule has 7 heteroatoms. The molecule has 2 amide bonds. The van der Waals surface area contributed by atoms with Crippen LogP contribution in [-0.2, 0) is 16.1 Å². The van der Waals surface area contributed by atoms with Gasteiger partial charge in [0.15, 0.2) is 6.61 Å². The van der Waals surface area contributed by atoms with Gasteiger partial charge in [-0.25, -0.2) is 0 Å². The number of carbonyl (C=O) groups excluding carboxylic acids is 2. The Labute approximate surface area is 185 Å². The minimum absolute atomic E-state index is 0.151. The van der Waals surface area contributed by atoms with Crippen molar-refractivity contribution in [1.29, 1.82) is 0 Å². The lowest BCUT2D eigenvalue weighted by Gasteiger charge is -2.30. The first-order chi connectivity index (χ1) is 13.8. The minimum atomic E-state index is -0.583. The summed E-state index contributed by atoms with van der Waals surface area (Å²) in [5.74, 6) is 0.162. The van der Waals surface area contributed by atoms with Crippen molar-refractivity contribution in [3.63, 3.8) is 0 Å². The van der Waals surface area contributed by atoms with E-state index in [2.05, 4.69) is 21.2 Å². The van der Waals surface area contributed by atoms with Gasteiger partial charge in [0, 0.05) is 23.1 Å². The molecule has 0 spiro atoms. The summed E-state index contributed by atoms with van der Waals surface area (Å²) in [5.41, 5.74) is 2.95. The first kappa shape index (κ1) is 23.2. The van der Waals surface area contributed by atoms with Gasteiger partial charge in [-0.1, -0.05) is 46.6 Å². The molecule has 2 rings (SSSR count). The second kappa shape index (κ2) is 10.6. The zero-order chi connectivity index (χ0) is 21.6. The third kappa shape index (κ3) is 6.21. The SMILES string of the molecule is CC[C@H](C(=O)NC)N(Cc1ccc(Cl)cc1)C(=O)COc1cc(C)c(Br)c(C)c1. The molecular weight excluding hydrogens is 456 g/mol. The minimum Gasteiger partial charge on any atom is -0.484 e. The quantitative estimate of drug-likeness (QED) is 0.597. The van der Waals surface area contributed by atoms with E-state index in [0.717, 1.165) is 21.2 Å². The van der Waals surface area contributed by atoms with Crippen LogP contribution in [0.25, 0.3) is 0 Å². The van der Waals surface area contributed by atoms with Crippen LogP contribution in [0.5, 0.6) is 5.75 Å². The van der Waals surface area contributed by atoms with Gasteiger partial charge in [-0.2, -0.15) is 0 Å². The van der Waals surface area contributed by atoms with Gasteiger partial charge in [-0.05, 0) is 61.2 Å². The third-order valence-electron chi connectivity index (χ3n) is 4.67. The first-order valence-electron chi connectivity index (χ1n) is 9.41. The number of ether oxygens (including phenoxy) is 1. The largest absolute Gasteiger partial charge is 0.484 e. The average molecular weight is 482 g/mol. The zero-order valence-corrected chi connectivity index (χ0v) is 19.4. The van der Waals surface area contributed by atoms with E-state index in [1.807, 2.05) is 45.0 Å². The molecule has 29 heavy (non-hydrogen) atoms. The van der Waals surface area contributed by atoms with Crippen molar-refractivity contribution in [2.24, 2.45) is 0 Å². The maximum absolute atomic E-state index is 13.0. The van der Waals surface area contributed by atoms with E-state index in [4.69, 9.17) is 16.3 Å². The number of carbonyl (C=O) groups is 2. The molecule has 0 radical (unpaired) electrons. The number of nitrogens with zero attached hydrogens (tertiary/aromatic N) is 1. The number of aryl methyl sites for hydroxylation is 2. The highest BCUT2D eigenvalue weighted by Gasteiger charge is 2.28. The molecule has 0 unspecified atom stereocenters. The van der Waals surface area contributed by atoms with Gasteiger partial charge in [-0.15, -0.1) is 0 Å².